The first-order valence-corrected chi connectivity index (χ1v) is 6.07. The van der Waals surface area contributed by atoms with Gasteiger partial charge in [-0.3, -0.25) is 9.78 Å². The summed E-state index contributed by atoms with van der Waals surface area (Å²) >= 11 is 1.40. The van der Waals surface area contributed by atoms with Gasteiger partial charge in [0, 0.05) is 13.1 Å². The summed E-state index contributed by atoms with van der Waals surface area (Å²) in [5.41, 5.74) is 7.30. The van der Waals surface area contributed by atoms with Crippen LogP contribution in [0.4, 0.5) is 0 Å². The largest absolute Gasteiger partial charge is 0.338 e. The molecule has 82 valence electrons. The first-order chi connectivity index (χ1) is 7.31. The molecule has 1 aromatic rings. The number of aromatic nitrogens is 1. The summed E-state index contributed by atoms with van der Waals surface area (Å²) in [7, 11) is 0. The smallest absolute Gasteiger partial charge is 0.265 e. The van der Waals surface area contributed by atoms with Crippen LogP contribution in [0.2, 0.25) is 0 Å². The van der Waals surface area contributed by atoms with E-state index in [1.807, 2.05) is 4.90 Å². The van der Waals surface area contributed by atoms with Crippen LogP contribution in [0.25, 0.3) is 0 Å². The van der Waals surface area contributed by atoms with Crippen molar-refractivity contribution in [2.45, 2.75) is 12.8 Å². The summed E-state index contributed by atoms with van der Waals surface area (Å²) in [5, 5.41) is 0. The van der Waals surface area contributed by atoms with Crippen LogP contribution in [-0.4, -0.2) is 35.4 Å². The number of hydrogen-bond acceptors (Lipinski definition) is 4. The zero-order valence-corrected chi connectivity index (χ0v) is 9.37. The summed E-state index contributed by atoms with van der Waals surface area (Å²) in [6.45, 7) is 2.40. The van der Waals surface area contributed by atoms with Gasteiger partial charge in [0.2, 0.25) is 0 Å². The van der Waals surface area contributed by atoms with Gasteiger partial charge in [-0.25, -0.2) is 0 Å². The molecule has 1 aliphatic rings. The molecule has 0 atom stereocenters. The predicted molar refractivity (Wildman–Crippen MR) is 59.8 cm³/mol. The van der Waals surface area contributed by atoms with E-state index in [-0.39, 0.29) is 5.91 Å². The highest BCUT2D eigenvalue weighted by Gasteiger charge is 2.23. The van der Waals surface area contributed by atoms with Crippen LogP contribution in [0.3, 0.4) is 0 Å². The lowest BCUT2D eigenvalue weighted by Crippen LogP contribution is -2.39. The summed E-state index contributed by atoms with van der Waals surface area (Å²) in [6.07, 6.45) is 3.70. The predicted octanol–water partition coefficient (Wildman–Crippen LogP) is 0.954. The molecular formula is C10H15N3OS. The Morgan fingerprint density at radius 2 is 2.33 bits per heavy atom. The fraction of sp³-hybridized carbons (Fsp3) is 0.600. The van der Waals surface area contributed by atoms with Gasteiger partial charge in [-0.2, -0.15) is 0 Å². The fourth-order valence-corrected chi connectivity index (χ4v) is 2.44. The maximum absolute atomic E-state index is 11.9. The molecule has 0 radical (unpaired) electrons. The van der Waals surface area contributed by atoms with Crippen molar-refractivity contribution in [1.29, 1.82) is 0 Å². The number of carbonyl (C=O) groups excluding carboxylic acids is 1. The summed E-state index contributed by atoms with van der Waals surface area (Å²) in [4.78, 5) is 18.5. The molecule has 2 rings (SSSR count). The van der Waals surface area contributed by atoms with Crippen molar-refractivity contribution in [3.8, 4) is 0 Å². The topological polar surface area (TPSA) is 59.2 Å². The Bertz CT molecular complexity index is 317. The van der Waals surface area contributed by atoms with Crippen molar-refractivity contribution in [2.24, 2.45) is 11.7 Å². The lowest BCUT2D eigenvalue weighted by molar-refractivity contribution is 0.0698. The van der Waals surface area contributed by atoms with Gasteiger partial charge in [0.05, 0.1) is 11.7 Å². The van der Waals surface area contributed by atoms with E-state index in [0.717, 1.165) is 37.4 Å². The van der Waals surface area contributed by atoms with Crippen LogP contribution in [0.5, 0.6) is 0 Å². The average Bonchev–Trinajstić information content (AvgIpc) is 2.82. The monoisotopic (exact) mass is 225 g/mol. The minimum atomic E-state index is 0.118. The lowest BCUT2D eigenvalue weighted by atomic mass is 9.97. The molecule has 0 unspecified atom stereocenters. The normalized spacial score (nSPS) is 18.1. The van der Waals surface area contributed by atoms with Gasteiger partial charge in [-0.15, -0.1) is 11.3 Å². The van der Waals surface area contributed by atoms with Crippen molar-refractivity contribution in [3.05, 3.63) is 16.6 Å². The Labute approximate surface area is 93.1 Å². The molecule has 1 aromatic heterocycles. The van der Waals surface area contributed by atoms with Gasteiger partial charge < -0.3 is 10.6 Å². The number of rotatable bonds is 2. The third-order valence-electron chi connectivity index (χ3n) is 2.88. The van der Waals surface area contributed by atoms with Gasteiger partial charge in [-0.1, -0.05) is 0 Å². The Balaban J connectivity index is 1.93. The van der Waals surface area contributed by atoms with E-state index in [1.165, 1.54) is 11.3 Å². The molecule has 0 aromatic carbocycles. The number of nitrogens with zero attached hydrogens (tertiary/aromatic N) is 2. The number of likely N-dealkylation sites (tertiary alicyclic amines) is 1. The Morgan fingerprint density at radius 3 is 2.87 bits per heavy atom. The zero-order chi connectivity index (χ0) is 10.7. The minimum absolute atomic E-state index is 0.118. The average molecular weight is 225 g/mol. The Morgan fingerprint density at radius 1 is 1.60 bits per heavy atom. The number of piperidine rings is 1. The Hall–Kier alpha value is -0.940. The molecule has 0 spiro atoms. The highest BCUT2D eigenvalue weighted by atomic mass is 32.1. The molecule has 5 heteroatoms. The number of thiazole rings is 1. The second kappa shape index (κ2) is 4.72. The van der Waals surface area contributed by atoms with E-state index in [9.17, 15) is 4.79 Å². The van der Waals surface area contributed by atoms with E-state index >= 15 is 0 Å². The first-order valence-electron chi connectivity index (χ1n) is 5.19. The SMILES string of the molecule is NCC1CCN(C(=O)c2cncs2)CC1. The van der Waals surface area contributed by atoms with Crippen LogP contribution in [0.1, 0.15) is 22.5 Å². The van der Waals surface area contributed by atoms with Crippen LogP contribution in [0.15, 0.2) is 11.7 Å². The van der Waals surface area contributed by atoms with Crippen LogP contribution in [0, 0.1) is 5.92 Å². The van der Waals surface area contributed by atoms with E-state index < -0.39 is 0 Å². The maximum atomic E-state index is 11.9. The van der Waals surface area contributed by atoms with Gasteiger partial charge in [0.1, 0.15) is 4.88 Å². The molecule has 2 N–H and O–H groups in total. The first kappa shape index (κ1) is 10.6. The molecule has 4 nitrogen and oxygen atoms in total. The van der Waals surface area contributed by atoms with Gasteiger partial charge in [0.15, 0.2) is 0 Å². The summed E-state index contributed by atoms with van der Waals surface area (Å²) < 4.78 is 0. The molecule has 1 aliphatic heterocycles. The second-order valence-corrected chi connectivity index (χ2v) is 4.72. The number of nitrogens with two attached hydrogens (primary N) is 1. The van der Waals surface area contributed by atoms with Gasteiger partial charge >= 0.3 is 0 Å². The van der Waals surface area contributed by atoms with Crippen molar-refractivity contribution in [3.63, 3.8) is 0 Å². The quantitative estimate of drug-likeness (QED) is 0.815. The summed E-state index contributed by atoms with van der Waals surface area (Å²) in [6, 6.07) is 0. The van der Waals surface area contributed by atoms with E-state index in [4.69, 9.17) is 5.73 Å². The number of hydrogen-bond donors (Lipinski definition) is 1. The highest BCUT2D eigenvalue weighted by Crippen LogP contribution is 2.19. The zero-order valence-electron chi connectivity index (χ0n) is 8.56. The third kappa shape index (κ3) is 2.35. The highest BCUT2D eigenvalue weighted by molar-refractivity contribution is 7.11. The Kier molecular flexibility index (Phi) is 3.33. The maximum Gasteiger partial charge on any atom is 0.265 e. The molecule has 1 saturated heterocycles. The molecule has 2 heterocycles. The molecule has 15 heavy (non-hydrogen) atoms. The molecule has 1 amide bonds. The van der Waals surface area contributed by atoms with Crippen molar-refractivity contribution in [2.75, 3.05) is 19.6 Å². The second-order valence-electron chi connectivity index (χ2n) is 3.84. The van der Waals surface area contributed by atoms with Crippen molar-refractivity contribution in [1.82, 2.24) is 9.88 Å². The number of amides is 1. The van der Waals surface area contributed by atoms with E-state index in [2.05, 4.69) is 4.98 Å². The van der Waals surface area contributed by atoms with Crippen LogP contribution >= 0.6 is 11.3 Å². The molecule has 0 bridgehead atoms. The van der Waals surface area contributed by atoms with E-state index in [1.54, 1.807) is 11.7 Å². The van der Waals surface area contributed by atoms with Crippen molar-refractivity contribution >= 4 is 17.2 Å². The molecule has 0 aliphatic carbocycles. The summed E-state index contributed by atoms with van der Waals surface area (Å²) in [5.74, 6) is 0.712. The third-order valence-corrected chi connectivity index (χ3v) is 3.64. The van der Waals surface area contributed by atoms with Crippen LogP contribution < -0.4 is 5.73 Å². The fourth-order valence-electron chi connectivity index (χ4n) is 1.85. The van der Waals surface area contributed by atoms with Gasteiger partial charge in [0.25, 0.3) is 5.91 Å². The molecule has 0 saturated carbocycles. The van der Waals surface area contributed by atoms with Crippen molar-refractivity contribution < 1.29 is 4.79 Å². The van der Waals surface area contributed by atoms with E-state index in [0.29, 0.717) is 5.92 Å². The molecular weight excluding hydrogens is 210 g/mol. The standard InChI is InChI=1S/C10H15N3OS/c11-5-8-1-3-13(4-2-8)10(14)9-6-12-7-15-9/h6-8H,1-5,11H2. The minimum Gasteiger partial charge on any atom is -0.338 e. The van der Waals surface area contributed by atoms with Gasteiger partial charge in [-0.05, 0) is 25.3 Å². The number of carbonyl (C=O) groups is 1. The molecule has 1 fully saturated rings. The lowest BCUT2D eigenvalue weighted by Gasteiger charge is -2.30. The van der Waals surface area contributed by atoms with Crippen LogP contribution in [-0.2, 0) is 0 Å².